The molecule has 1 atom stereocenters. The van der Waals surface area contributed by atoms with Crippen LogP contribution in [-0.4, -0.2) is 13.1 Å². The zero-order chi connectivity index (χ0) is 8.81. The predicted octanol–water partition coefficient (Wildman–Crippen LogP) is 1.74. The van der Waals surface area contributed by atoms with Crippen LogP contribution >= 0.6 is 0 Å². The lowest BCUT2D eigenvalue weighted by Gasteiger charge is -2.09. The molecule has 0 aliphatic heterocycles. The number of rotatable bonds is 1. The molecule has 0 spiro atoms. The summed E-state index contributed by atoms with van der Waals surface area (Å²) >= 11 is 0. The number of methoxy groups -OCH3 is 1. The minimum atomic E-state index is -0.176. The number of hydrogen-bond acceptors (Lipinski definition) is 2. The Morgan fingerprint density at radius 3 is 3.00 bits per heavy atom. The van der Waals surface area contributed by atoms with Gasteiger partial charge in [-0.15, -0.1) is 5.92 Å². The molecule has 1 unspecified atom stereocenters. The molecule has 1 aliphatic rings. The monoisotopic (exact) mass is 166 g/mol. The van der Waals surface area contributed by atoms with Gasteiger partial charge in [0.2, 0.25) is 0 Å². The first-order valence-electron chi connectivity index (χ1n) is 4.41. The van der Waals surface area contributed by atoms with E-state index in [1.54, 1.807) is 0 Å². The third-order valence-electron chi connectivity index (χ3n) is 2.06. The van der Waals surface area contributed by atoms with Crippen LogP contribution in [0.15, 0.2) is 0 Å². The normalized spacial score (nSPS) is 22.9. The highest BCUT2D eigenvalue weighted by Crippen LogP contribution is 2.14. The summed E-state index contributed by atoms with van der Waals surface area (Å²) < 4.78 is 4.64. The van der Waals surface area contributed by atoms with Crippen LogP contribution in [0.1, 0.15) is 32.1 Å². The Balaban J connectivity index is 2.54. The second-order valence-electron chi connectivity index (χ2n) is 3.00. The van der Waals surface area contributed by atoms with Crippen LogP contribution < -0.4 is 0 Å². The Labute approximate surface area is 73.3 Å². The summed E-state index contributed by atoms with van der Waals surface area (Å²) in [6.45, 7) is 0. The molecule has 2 heteroatoms. The number of esters is 1. The molecule has 12 heavy (non-hydrogen) atoms. The molecule has 66 valence electrons. The van der Waals surface area contributed by atoms with Crippen molar-refractivity contribution in [2.24, 2.45) is 5.92 Å². The fourth-order valence-corrected chi connectivity index (χ4v) is 1.33. The first-order chi connectivity index (χ1) is 5.84. The number of carbonyl (C=O) groups excluding carboxylic acids is 1. The van der Waals surface area contributed by atoms with Crippen LogP contribution in [0.5, 0.6) is 0 Å². The summed E-state index contributed by atoms with van der Waals surface area (Å²) in [5.74, 6) is 5.60. The third-order valence-corrected chi connectivity index (χ3v) is 2.06. The van der Waals surface area contributed by atoms with Crippen LogP contribution in [0.25, 0.3) is 0 Å². The topological polar surface area (TPSA) is 26.3 Å². The van der Waals surface area contributed by atoms with Gasteiger partial charge in [-0.2, -0.15) is 0 Å². The minimum Gasteiger partial charge on any atom is -0.468 e. The lowest BCUT2D eigenvalue weighted by Crippen LogP contribution is -2.14. The lowest BCUT2D eigenvalue weighted by molar-refractivity contribution is -0.143. The minimum absolute atomic E-state index is 0.171. The highest BCUT2D eigenvalue weighted by atomic mass is 16.5. The van der Waals surface area contributed by atoms with Crippen molar-refractivity contribution >= 4 is 5.97 Å². The van der Waals surface area contributed by atoms with Crippen molar-refractivity contribution in [1.82, 2.24) is 0 Å². The molecular formula is C10H14O2. The third kappa shape index (κ3) is 2.58. The van der Waals surface area contributed by atoms with Crippen LogP contribution in [0, 0.1) is 17.8 Å². The van der Waals surface area contributed by atoms with Crippen LogP contribution in [0.3, 0.4) is 0 Å². The maximum absolute atomic E-state index is 11.1. The van der Waals surface area contributed by atoms with Crippen molar-refractivity contribution in [2.75, 3.05) is 7.11 Å². The summed E-state index contributed by atoms with van der Waals surface area (Å²) in [6, 6.07) is 0. The predicted molar refractivity (Wildman–Crippen MR) is 46.4 cm³/mol. The zero-order valence-corrected chi connectivity index (χ0v) is 7.43. The Hall–Kier alpha value is -0.970. The van der Waals surface area contributed by atoms with Gasteiger partial charge in [-0.3, -0.25) is 4.79 Å². The zero-order valence-electron chi connectivity index (χ0n) is 7.43. The van der Waals surface area contributed by atoms with Gasteiger partial charge in [0.05, 0.1) is 7.11 Å². The molecule has 0 N–H and O–H groups in total. The van der Waals surface area contributed by atoms with E-state index >= 15 is 0 Å². The molecule has 2 nitrogen and oxygen atoms in total. The van der Waals surface area contributed by atoms with E-state index in [1.165, 1.54) is 20.0 Å². The van der Waals surface area contributed by atoms with E-state index in [0.29, 0.717) is 0 Å². The summed E-state index contributed by atoms with van der Waals surface area (Å²) in [7, 11) is 1.42. The first-order valence-corrected chi connectivity index (χ1v) is 4.41. The second kappa shape index (κ2) is 4.82. The largest absolute Gasteiger partial charge is 0.468 e. The smallest absolute Gasteiger partial charge is 0.320 e. The number of ether oxygens (including phenoxy) is 1. The van der Waals surface area contributed by atoms with Crippen molar-refractivity contribution in [3.63, 3.8) is 0 Å². The summed E-state index contributed by atoms with van der Waals surface area (Å²) in [4.78, 5) is 11.1. The highest BCUT2D eigenvalue weighted by molar-refractivity contribution is 5.75. The molecule has 0 radical (unpaired) electrons. The van der Waals surface area contributed by atoms with Gasteiger partial charge in [-0.25, -0.2) is 0 Å². The van der Waals surface area contributed by atoms with Crippen LogP contribution in [0.4, 0.5) is 0 Å². The van der Waals surface area contributed by atoms with Crippen molar-refractivity contribution in [1.29, 1.82) is 0 Å². The van der Waals surface area contributed by atoms with E-state index in [0.717, 1.165) is 19.3 Å². The van der Waals surface area contributed by atoms with Gasteiger partial charge >= 0.3 is 5.97 Å². The maximum Gasteiger partial charge on any atom is 0.320 e. The average Bonchev–Trinajstić information content (AvgIpc) is 2.02. The molecule has 0 fully saturated rings. The quantitative estimate of drug-likeness (QED) is 0.438. The Morgan fingerprint density at radius 1 is 1.42 bits per heavy atom. The van der Waals surface area contributed by atoms with Gasteiger partial charge in [0.15, 0.2) is 0 Å². The Kier molecular flexibility index (Phi) is 3.66. The summed E-state index contributed by atoms with van der Waals surface area (Å²) in [6.07, 6.45) is 5.23. The SMILES string of the molecule is COC(=O)C1C#CCCCCC1. The molecule has 0 saturated heterocycles. The van der Waals surface area contributed by atoms with Gasteiger partial charge in [-0.1, -0.05) is 18.8 Å². The van der Waals surface area contributed by atoms with Gasteiger partial charge in [-0.05, 0) is 12.8 Å². The summed E-state index contributed by atoms with van der Waals surface area (Å²) in [5, 5.41) is 0. The molecule has 1 aliphatic carbocycles. The van der Waals surface area contributed by atoms with Gasteiger partial charge in [0.25, 0.3) is 0 Å². The van der Waals surface area contributed by atoms with Crippen molar-refractivity contribution < 1.29 is 9.53 Å². The van der Waals surface area contributed by atoms with Crippen molar-refractivity contribution in [3.8, 4) is 11.8 Å². The molecule has 0 aromatic rings. The molecule has 0 aromatic heterocycles. The maximum atomic E-state index is 11.1. The number of carbonyl (C=O) groups is 1. The fourth-order valence-electron chi connectivity index (χ4n) is 1.33. The molecule has 0 aromatic carbocycles. The van der Waals surface area contributed by atoms with Gasteiger partial charge in [0.1, 0.15) is 5.92 Å². The Bertz CT molecular complexity index is 210. The highest BCUT2D eigenvalue weighted by Gasteiger charge is 2.16. The van der Waals surface area contributed by atoms with E-state index < -0.39 is 0 Å². The Morgan fingerprint density at radius 2 is 2.25 bits per heavy atom. The number of hydrogen-bond donors (Lipinski definition) is 0. The van der Waals surface area contributed by atoms with Gasteiger partial charge < -0.3 is 4.74 Å². The molecular weight excluding hydrogens is 152 g/mol. The first kappa shape index (κ1) is 9.12. The lowest BCUT2D eigenvalue weighted by atomic mass is 9.99. The van der Waals surface area contributed by atoms with Gasteiger partial charge in [0, 0.05) is 6.42 Å². The van der Waals surface area contributed by atoms with Crippen molar-refractivity contribution in [2.45, 2.75) is 32.1 Å². The van der Waals surface area contributed by atoms with E-state index in [9.17, 15) is 4.79 Å². The fraction of sp³-hybridized carbons (Fsp3) is 0.700. The van der Waals surface area contributed by atoms with E-state index in [-0.39, 0.29) is 11.9 Å². The molecule has 0 amide bonds. The summed E-state index contributed by atoms with van der Waals surface area (Å²) in [5.41, 5.74) is 0. The van der Waals surface area contributed by atoms with Crippen LogP contribution in [0.2, 0.25) is 0 Å². The van der Waals surface area contributed by atoms with E-state index in [1.807, 2.05) is 0 Å². The van der Waals surface area contributed by atoms with E-state index in [2.05, 4.69) is 16.6 Å². The standard InChI is InChI=1S/C10H14O2/c1-12-10(11)9-7-5-3-2-4-6-8-9/h9H,2-5,7H2,1H3. The second-order valence-corrected chi connectivity index (χ2v) is 3.00. The van der Waals surface area contributed by atoms with Crippen LogP contribution in [-0.2, 0) is 9.53 Å². The molecule has 0 bridgehead atoms. The molecule has 0 heterocycles. The molecule has 1 rings (SSSR count). The van der Waals surface area contributed by atoms with E-state index in [4.69, 9.17) is 0 Å². The average molecular weight is 166 g/mol. The molecule has 0 saturated carbocycles. The van der Waals surface area contributed by atoms with Crippen molar-refractivity contribution in [3.05, 3.63) is 0 Å².